The van der Waals surface area contributed by atoms with Gasteiger partial charge in [0.2, 0.25) is 0 Å². The number of rotatable bonds is 1. The Morgan fingerprint density at radius 3 is 2.94 bits per heavy atom. The Kier molecular flexibility index (Phi) is 2.04. The molecule has 0 aliphatic heterocycles. The number of nitrogens with zero attached hydrogens (tertiary/aromatic N) is 2. The van der Waals surface area contributed by atoms with Crippen LogP contribution in [0.1, 0.15) is 0 Å². The molecule has 0 saturated heterocycles. The van der Waals surface area contributed by atoms with Crippen molar-refractivity contribution in [3.05, 3.63) is 42.5 Å². The number of pyridine rings is 1. The second-order valence-electron chi connectivity index (χ2n) is 3.73. The average molecular weight is 228 g/mol. The van der Waals surface area contributed by atoms with Crippen LogP contribution in [0, 0.1) is 5.82 Å². The smallest absolute Gasteiger partial charge is 0.125 e. The van der Waals surface area contributed by atoms with Crippen molar-refractivity contribution < 1.29 is 4.39 Å². The molecule has 0 radical (unpaired) electrons. The first-order chi connectivity index (χ1) is 8.25. The molecule has 0 atom stereocenters. The number of anilines is 1. The quantitative estimate of drug-likeness (QED) is 0.671. The fourth-order valence-corrected chi connectivity index (χ4v) is 1.80. The van der Waals surface area contributed by atoms with Gasteiger partial charge in [0.1, 0.15) is 11.5 Å². The second kappa shape index (κ2) is 3.55. The molecule has 17 heavy (non-hydrogen) atoms. The zero-order valence-corrected chi connectivity index (χ0v) is 8.81. The lowest BCUT2D eigenvalue weighted by Gasteiger charge is -2.01. The Morgan fingerprint density at radius 2 is 2.12 bits per heavy atom. The van der Waals surface area contributed by atoms with Crippen LogP contribution in [-0.4, -0.2) is 15.2 Å². The van der Waals surface area contributed by atoms with E-state index >= 15 is 0 Å². The van der Waals surface area contributed by atoms with Crippen LogP contribution in [-0.2, 0) is 0 Å². The van der Waals surface area contributed by atoms with Crippen molar-refractivity contribution in [3.8, 4) is 11.3 Å². The predicted molar refractivity (Wildman–Crippen MR) is 63.7 cm³/mol. The van der Waals surface area contributed by atoms with Crippen LogP contribution < -0.4 is 5.73 Å². The third-order valence-corrected chi connectivity index (χ3v) is 2.63. The zero-order chi connectivity index (χ0) is 11.8. The molecule has 0 bridgehead atoms. The predicted octanol–water partition coefficient (Wildman–Crippen LogP) is 2.35. The van der Waals surface area contributed by atoms with Crippen molar-refractivity contribution in [1.29, 1.82) is 0 Å². The number of aromatic nitrogens is 3. The lowest BCUT2D eigenvalue weighted by Crippen LogP contribution is -1.91. The van der Waals surface area contributed by atoms with Gasteiger partial charge in [-0.2, -0.15) is 5.10 Å². The molecule has 0 fully saturated rings. The van der Waals surface area contributed by atoms with Crippen molar-refractivity contribution in [2.75, 3.05) is 5.73 Å². The van der Waals surface area contributed by atoms with Crippen molar-refractivity contribution in [3.63, 3.8) is 0 Å². The number of nitrogens with two attached hydrogens (primary N) is 1. The van der Waals surface area contributed by atoms with Crippen molar-refractivity contribution >= 4 is 16.6 Å². The number of H-pyrrole nitrogens is 1. The Labute approximate surface area is 96.3 Å². The van der Waals surface area contributed by atoms with Crippen LogP contribution >= 0.6 is 0 Å². The van der Waals surface area contributed by atoms with Crippen LogP contribution in [0.4, 0.5) is 10.1 Å². The summed E-state index contributed by atoms with van der Waals surface area (Å²) in [6, 6.07) is 6.18. The van der Waals surface area contributed by atoms with Gasteiger partial charge in [0.25, 0.3) is 0 Å². The Balaban J connectivity index is 2.29. The van der Waals surface area contributed by atoms with Crippen LogP contribution in [0.3, 0.4) is 0 Å². The zero-order valence-electron chi connectivity index (χ0n) is 8.81. The molecule has 84 valence electrons. The number of halogens is 1. The molecule has 3 N–H and O–H groups in total. The lowest BCUT2D eigenvalue weighted by molar-refractivity contribution is 0.629. The van der Waals surface area contributed by atoms with E-state index in [4.69, 9.17) is 5.73 Å². The number of fused-ring (bicyclic) bond motifs is 1. The van der Waals surface area contributed by atoms with Gasteiger partial charge in [0.05, 0.1) is 5.52 Å². The van der Waals surface area contributed by atoms with E-state index in [1.807, 2.05) is 0 Å². The van der Waals surface area contributed by atoms with E-state index < -0.39 is 0 Å². The van der Waals surface area contributed by atoms with Gasteiger partial charge in [-0.1, -0.05) is 0 Å². The van der Waals surface area contributed by atoms with Gasteiger partial charge in [0, 0.05) is 29.0 Å². The van der Waals surface area contributed by atoms with E-state index in [1.165, 1.54) is 12.1 Å². The minimum Gasteiger partial charge on any atom is -0.398 e. The Hall–Kier alpha value is -2.43. The maximum absolute atomic E-state index is 13.0. The number of nitrogens with one attached hydrogen (secondary N) is 1. The molecule has 5 heteroatoms. The van der Waals surface area contributed by atoms with E-state index in [0.717, 1.165) is 10.9 Å². The largest absolute Gasteiger partial charge is 0.398 e. The fourth-order valence-electron chi connectivity index (χ4n) is 1.80. The lowest BCUT2D eigenvalue weighted by atomic mass is 10.1. The SMILES string of the molecule is Nc1ccncc1-c1n[nH]c2cc(F)ccc12. The first-order valence-electron chi connectivity index (χ1n) is 5.09. The fraction of sp³-hybridized carbons (Fsp3) is 0. The first-order valence-corrected chi connectivity index (χ1v) is 5.09. The summed E-state index contributed by atoms with van der Waals surface area (Å²) in [5.41, 5.74) is 8.53. The van der Waals surface area contributed by atoms with Crippen molar-refractivity contribution in [2.24, 2.45) is 0 Å². The van der Waals surface area contributed by atoms with Crippen molar-refractivity contribution in [1.82, 2.24) is 15.2 Å². The van der Waals surface area contributed by atoms with E-state index in [0.29, 0.717) is 16.9 Å². The third kappa shape index (κ3) is 1.52. The van der Waals surface area contributed by atoms with Gasteiger partial charge < -0.3 is 5.73 Å². The summed E-state index contributed by atoms with van der Waals surface area (Å²) in [5, 5.41) is 7.76. The van der Waals surface area contributed by atoms with Gasteiger partial charge in [-0.3, -0.25) is 10.1 Å². The van der Waals surface area contributed by atoms with Crippen LogP contribution in [0.15, 0.2) is 36.7 Å². The summed E-state index contributed by atoms with van der Waals surface area (Å²) in [6.45, 7) is 0. The highest BCUT2D eigenvalue weighted by atomic mass is 19.1. The number of benzene rings is 1. The van der Waals surface area contributed by atoms with Gasteiger partial charge in [0.15, 0.2) is 0 Å². The first kappa shape index (κ1) is 9.77. The summed E-state index contributed by atoms with van der Waals surface area (Å²) in [5.74, 6) is -0.299. The highest BCUT2D eigenvalue weighted by Crippen LogP contribution is 2.29. The van der Waals surface area contributed by atoms with E-state index in [2.05, 4.69) is 15.2 Å². The normalized spacial score (nSPS) is 10.9. The number of aromatic amines is 1. The minimum atomic E-state index is -0.299. The van der Waals surface area contributed by atoms with Crippen LogP contribution in [0.2, 0.25) is 0 Å². The molecule has 4 nitrogen and oxygen atoms in total. The van der Waals surface area contributed by atoms with Gasteiger partial charge in [-0.25, -0.2) is 4.39 Å². The number of hydrogen-bond donors (Lipinski definition) is 2. The van der Waals surface area contributed by atoms with Crippen molar-refractivity contribution in [2.45, 2.75) is 0 Å². The van der Waals surface area contributed by atoms with Crippen LogP contribution in [0.25, 0.3) is 22.2 Å². The summed E-state index contributed by atoms with van der Waals surface area (Å²) in [4.78, 5) is 4.02. The highest BCUT2D eigenvalue weighted by molar-refractivity contribution is 5.95. The summed E-state index contributed by atoms with van der Waals surface area (Å²) < 4.78 is 13.0. The molecule has 0 aliphatic carbocycles. The number of nitrogen functional groups attached to an aromatic ring is 1. The molecule has 0 aliphatic rings. The van der Waals surface area contributed by atoms with Gasteiger partial charge in [-0.15, -0.1) is 0 Å². The topological polar surface area (TPSA) is 67.6 Å². The Bertz CT molecular complexity index is 690. The molecule has 0 amide bonds. The maximum Gasteiger partial charge on any atom is 0.125 e. The molecular formula is C12H9FN4. The molecule has 3 rings (SSSR count). The minimum absolute atomic E-state index is 0.299. The summed E-state index contributed by atoms with van der Waals surface area (Å²) in [7, 11) is 0. The second-order valence-corrected chi connectivity index (χ2v) is 3.73. The molecule has 0 unspecified atom stereocenters. The molecule has 2 aromatic heterocycles. The van der Waals surface area contributed by atoms with Gasteiger partial charge in [-0.05, 0) is 24.3 Å². The number of hydrogen-bond acceptors (Lipinski definition) is 3. The molecule has 3 aromatic rings. The summed E-state index contributed by atoms with van der Waals surface area (Å²) >= 11 is 0. The molecule has 0 saturated carbocycles. The molecule has 1 aromatic carbocycles. The van der Waals surface area contributed by atoms with Crippen LogP contribution in [0.5, 0.6) is 0 Å². The molecular weight excluding hydrogens is 219 g/mol. The molecule has 0 spiro atoms. The average Bonchev–Trinajstić information content (AvgIpc) is 2.72. The van der Waals surface area contributed by atoms with E-state index in [-0.39, 0.29) is 5.82 Å². The third-order valence-electron chi connectivity index (χ3n) is 2.63. The Morgan fingerprint density at radius 1 is 1.24 bits per heavy atom. The van der Waals surface area contributed by atoms with Gasteiger partial charge >= 0.3 is 0 Å². The standard InChI is InChI=1S/C12H9FN4/c13-7-1-2-8-11(5-7)16-17-12(8)9-6-15-4-3-10(9)14/h1-6H,(H2,14,15)(H,16,17). The summed E-state index contributed by atoms with van der Waals surface area (Å²) in [6.07, 6.45) is 3.27. The highest BCUT2D eigenvalue weighted by Gasteiger charge is 2.11. The monoisotopic (exact) mass is 228 g/mol. The van der Waals surface area contributed by atoms with E-state index in [9.17, 15) is 4.39 Å². The van der Waals surface area contributed by atoms with E-state index in [1.54, 1.807) is 24.5 Å². The maximum atomic E-state index is 13.0. The molecule has 2 heterocycles.